The van der Waals surface area contributed by atoms with Crippen LogP contribution >= 0.6 is 0 Å². The van der Waals surface area contributed by atoms with E-state index in [1.165, 1.54) is 69.8 Å². The second-order valence-electron chi connectivity index (χ2n) is 7.97. The Kier molecular flexibility index (Phi) is 5.76. The van der Waals surface area contributed by atoms with Gasteiger partial charge in [0.1, 0.15) is 0 Å². The molecule has 1 unspecified atom stereocenters. The Bertz CT molecular complexity index is 440. The van der Waals surface area contributed by atoms with E-state index in [9.17, 15) is 0 Å². The van der Waals surface area contributed by atoms with Crippen LogP contribution in [0.4, 0.5) is 0 Å². The van der Waals surface area contributed by atoms with Crippen molar-refractivity contribution < 1.29 is 0 Å². The van der Waals surface area contributed by atoms with Gasteiger partial charge in [-0.3, -0.25) is 0 Å². The predicted molar refractivity (Wildman–Crippen MR) is 98.2 cm³/mol. The van der Waals surface area contributed by atoms with E-state index in [0.29, 0.717) is 11.8 Å². The van der Waals surface area contributed by atoms with Gasteiger partial charge in [0, 0.05) is 11.6 Å². The summed E-state index contributed by atoms with van der Waals surface area (Å²) >= 11 is 0. The molecule has 0 aliphatic heterocycles. The summed E-state index contributed by atoms with van der Waals surface area (Å²) in [5.41, 5.74) is 15.2. The zero-order valence-electron chi connectivity index (χ0n) is 14.6. The lowest BCUT2D eigenvalue weighted by Crippen LogP contribution is -2.65. The SMILES string of the molecule is NC(Cc1ccccc1)C(N)(C1CCCCC1)C1CCCCC1. The van der Waals surface area contributed by atoms with Crippen molar-refractivity contribution in [3.63, 3.8) is 0 Å². The highest BCUT2D eigenvalue weighted by atomic mass is 14.9. The first-order valence-electron chi connectivity index (χ1n) is 9.79. The molecule has 0 bridgehead atoms. The average Bonchev–Trinajstić information content (AvgIpc) is 2.63. The summed E-state index contributed by atoms with van der Waals surface area (Å²) in [4.78, 5) is 0. The minimum atomic E-state index is -0.170. The van der Waals surface area contributed by atoms with Gasteiger partial charge in [0.05, 0.1) is 0 Å². The van der Waals surface area contributed by atoms with Crippen molar-refractivity contribution in [3.05, 3.63) is 35.9 Å². The number of rotatable bonds is 5. The van der Waals surface area contributed by atoms with Crippen molar-refractivity contribution in [1.29, 1.82) is 0 Å². The van der Waals surface area contributed by atoms with Crippen LogP contribution in [0.1, 0.15) is 69.8 Å². The van der Waals surface area contributed by atoms with Gasteiger partial charge in [-0.2, -0.15) is 0 Å². The molecule has 2 heteroatoms. The molecule has 1 aromatic rings. The van der Waals surface area contributed by atoms with Crippen LogP contribution in [0.2, 0.25) is 0 Å². The Morgan fingerprint density at radius 2 is 1.30 bits per heavy atom. The molecule has 0 saturated heterocycles. The normalized spacial score (nSPS) is 22.9. The van der Waals surface area contributed by atoms with Crippen LogP contribution < -0.4 is 11.5 Å². The van der Waals surface area contributed by atoms with Gasteiger partial charge >= 0.3 is 0 Å². The minimum Gasteiger partial charge on any atom is -0.326 e. The average molecular weight is 315 g/mol. The molecule has 0 aromatic heterocycles. The molecule has 0 amide bonds. The number of nitrogens with two attached hydrogens (primary N) is 2. The lowest BCUT2D eigenvalue weighted by Gasteiger charge is -2.50. The van der Waals surface area contributed by atoms with E-state index in [0.717, 1.165) is 6.42 Å². The molecule has 0 radical (unpaired) electrons. The Morgan fingerprint density at radius 3 is 1.78 bits per heavy atom. The van der Waals surface area contributed by atoms with Crippen molar-refractivity contribution in [1.82, 2.24) is 0 Å². The summed E-state index contributed by atoms with van der Waals surface area (Å²) in [7, 11) is 0. The molecule has 0 spiro atoms. The van der Waals surface area contributed by atoms with Crippen molar-refractivity contribution in [3.8, 4) is 0 Å². The van der Waals surface area contributed by atoms with Gasteiger partial charge in [-0.25, -0.2) is 0 Å². The second kappa shape index (κ2) is 7.81. The summed E-state index contributed by atoms with van der Waals surface area (Å²) in [6.45, 7) is 0. The molecule has 128 valence electrons. The minimum absolute atomic E-state index is 0.0797. The lowest BCUT2D eigenvalue weighted by atomic mass is 9.61. The fourth-order valence-corrected chi connectivity index (χ4v) is 5.19. The van der Waals surface area contributed by atoms with E-state index in [1.807, 2.05) is 0 Å². The quantitative estimate of drug-likeness (QED) is 0.845. The van der Waals surface area contributed by atoms with Crippen LogP contribution in [0.5, 0.6) is 0 Å². The first-order valence-corrected chi connectivity index (χ1v) is 9.79. The second-order valence-corrected chi connectivity index (χ2v) is 7.97. The van der Waals surface area contributed by atoms with Gasteiger partial charge in [0.25, 0.3) is 0 Å². The summed E-state index contributed by atoms with van der Waals surface area (Å²) in [5.74, 6) is 1.25. The molecule has 2 fully saturated rings. The number of benzene rings is 1. The third kappa shape index (κ3) is 3.80. The van der Waals surface area contributed by atoms with Crippen molar-refractivity contribution in [2.75, 3.05) is 0 Å². The molecule has 2 nitrogen and oxygen atoms in total. The van der Waals surface area contributed by atoms with Crippen molar-refractivity contribution >= 4 is 0 Å². The van der Waals surface area contributed by atoms with Gasteiger partial charge in [-0.05, 0) is 49.5 Å². The maximum Gasteiger partial charge on any atom is 0.0368 e. The van der Waals surface area contributed by atoms with Gasteiger partial charge in [-0.1, -0.05) is 68.9 Å². The highest BCUT2D eigenvalue weighted by Crippen LogP contribution is 2.43. The molecule has 4 N–H and O–H groups in total. The number of hydrogen-bond acceptors (Lipinski definition) is 2. The van der Waals surface area contributed by atoms with E-state index >= 15 is 0 Å². The molecule has 2 aliphatic carbocycles. The Balaban J connectivity index is 1.80. The first-order chi connectivity index (χ1) is 11.2. The largest absolute Gasteiger partial charge is 0.326 e. The molecule has 1 aromatic carbocycles. The Hall–Kier alpha value is -0.860. The van der Waals surface area contributed by atoms with Gasteiger partial charge in [-0.15, -0.1) is 0 Å². The van der Waals surface area contributed by atoms with Crippen LogP contribution in [-0.4, -0.2) is 11.6 Å². The third-order valence-corrected chi connectivity index (χ3v) is 6.57. The summed E-state index contributed by atoms with van der Waals surface area (Å²) in [6.07, 6.45) is 14.2. The van der Waals surface area contributed by atoms with Gasteiger partial charge in [0.2, 0.25) is 0 Å². The molecule has 23 heavy (non-hydrogen) atoms. The summed E-state index contributed by atoms with van der Waals surface area (Å²) < 4.78 is 0. The van der Waals surface area contributed by atoms with Crippen LogP contribution in [0.15, 0.2) is 30.3 Å². The monoisotopic (exact) mass is 314 g/mol. The predicted octanol–water partition coefficient (Wildman–Crippen LogP) is 4.41. The molecule has 2 saturated carbocycles. The van der Waals surface area contributed by atoms with E-state index in [1.54, 1.807) is 0 Å². The lowest BCUT2D eigenvalue weighted by molar-refractivity contribution is 0.0803. The van der Waals surface area contributed by atoms with Crippen molar-refractivity contribution in [2.45, 2.75) is 82.2 Å². The van der Waals surface area contributed by atoms with E-state index in [2.05, 4.69) is 30.3 Å². The summed E-state index contributed by atoms with van der Waals surface area (Å²) in [5, 5.41) is 0. The highest BCUT2D eigenvalue weighted by Gasteiger charge is 2.46. The molecule has 0 heterocycles. The fraction of sp³-hybridized carbons (Fsp3) is 0.714. The zero-order valence-corrected chi connectivity index (χ0v) is 14.6. The van der Waals surface area contributed by atoms with Crippen molar-refractivity contribution in [2.24, 2.45) is 23.3 Å². The van der Waals surface area contributed by atoms with E-state index in [-0.39, 0.29) is 11.6 Å². The highest BCUT2D eigenvalue weighted by molar-refractivity contribution is 5.18. The van der Waals surface area contributed by atoms with Crippen LogP contribution in [-0.2, 0) is 6.42 Å². The molecule has 3 rings (SSSR count). The summed E-state index contributed by atoms with van der Waals surface area (Å²) in [6, 6.07) is 10.8. The standard InChI is InChI=1S/C21H34N2/c22-20(16-17-10-4-1-5-11-17)21(23,18-12-6-2-7-13-18)19-14-8-3-9-15-19/h1,4-5,10-11,18-20H,2-3,6-9,12-16,22-23H2. The maximum atomic E-state index is 7.21. The molecule has 1 atom stereocenters. The van der Waals surface area contributed by atoms with E-state index in [4.69, 9.17) is 11.5 Å². The Labute approximate surface area is 142 Å². The van der Waals surface area contributed by atoms with E-state index < -0.39 is 0 Å². The van der Waals surface area contributed by atoms with Crippen LogP contribution in [0, 0.1) is 11.8 Å². The zero-order chi connectivity index (χ0) is 16.1. The fourth-order valence-electron chi connectivity index (χ4n) is 5.19. The smallest absolute Gasteiger partial charge is 0.0368 e. The molecular formula is C21H34N2. The van der Waals surface area contributed by atoms with Gasteiger partial charge < -0.3 is 11.5 Å². The van der Waals surface area contributed by atoms with Crippen LogP contribution in [0.3, 0.4) is 0 Å². The topological polar surface area (TPSA) is 52.0 Å². The number of hydrogen-bond donors (Lipinski definition) is 2. The Morgan fingerprint density at radius 1 is 0.826 bits per heavy atom. The molecular weight excluding hydrogens is 280 g/mol. The molecule has 2 aliphatic rings. The van der Waals surface area contributed by atoms with Gasteiger partial charge in [0.15, 0.2) is 0 Å². The third-order valence-electron chi connectivity index (χ3n) is 6.57. The van der Waals surface area contributed by atoms with Crippen LogP contribution in [0.25, 0.3) is 0 Å². The first kappa shape index (κ1) is 17.0. The maximum absolute atomic E-state index is 7.21.